The predicted molar refractivity (Wildman–Crippen MR) is 96.8 cm³/mol. The Hall–Kier alpha value is -2.33. The molecular formula is C20H25NO3. The van der Waals surface area contributed by atoms with Crippen LogP contribution in [0.15, 0.2) is 54.6 Å². The molecule has 0 bridgehead atoms. The molecule has 0 fully saturated rings. The van der Waals surface area contributed by atoms with E-state index in [9.17, 15) is 9.90 Å². The molecule has 0 radical (unpaired) electrons. The summed E-state index contributed by atoms with van der Waals surface area (Å²) in [5, 5.41) is 21.8. The average Bonchev–Trinajstić information content (AvgIpc) is 2.59. The second-order valence-corrected chi connectivity index (χ2v) is 5.95. The number of aliphatic carboxylic acids is 1. The number of hydrogen-bond donors (Lipinski definition) is 3. The van der Waals surface area contributed by atoms with E-state index in [1.807, 2.05) is 36.4 Å². The maximum absolute atomic E-state index is 10.4. The molecule has 3 N–H and O–H groups in total. The van der Waals surface area contributed by atoms with Gasteiger partial charge in [0.2, 0.25) is 0 Å². The van der Waals surface area contributed by atoms with Crippen LogP contribution in [0.5, 0.6) is 0 Å². The second kappa shape index (κ2) is 9.73. The summed E-state index contributed by atoms with van der Waals surface area (Å²) in [6, 6.07) is 18.1. The Labute approximate surface area is 143 Å². The van der Waals surface area contributed by atoms with Crippen LogP contribution >= 0.6 is 0 Å². The van der Waals surface area contributed by atoms with Crippen molar-refractivity contribution in [1.82, 2.24) is 0 Å². The van der Waals surface area contributed by atoms with Crippen molar-refractivity contribution in [2.75, 3.05) is 5.32 Å². The van der Waals surface area contributed by atoms with Crippen LogP contribution in [0.25, 0.3) is 11.1 Å². The molecule has 0 aliphatic heterocycles. The topological polar surface area (TPSA) is 69.6 Å². The van der Waals surface area contributed by atoms with E-state index in [0.717, 1.165) is 36.1 Å². The minimum atomic E-state index is -0.741. The van der Waals surface area contributed by atoms with E-state index < -0.39 is 12.2 Å². The van der Waals surface area contributed by atoms with Gasteiger partial charge < -0.3 is 15.5 Å². The highest BCUT2D eigenvalue weighted by molar-refractivity contribution is 5.68. The number of carboxylic acids is 1. The van der Waals surface area contributed by atoms with E-state index in [1.165, 1.54) is 0 Å². The first kappa shape index (κ1) is 18.0. The van der Waals surface area contributed by atoms with E-state index in [0.29, 0.717) is 12.8 Å². The number of nitrogens with one attached hydrogen (secondary N) is 1. The number of carbonyl (C=O) groups is 1. The van der Waals surface area contributed by atoms with Gasteiger partial charge in [0.25, 0.3) is 0 Å². The number of benzene rings is 2. The van der Waals surface area contributed by atoms with Crippen LogP contribution in [-0.4, -0.2) is 22.4 Å². The van der Waals surface area contributed by atoms with Gasteiger partial charge in [-0.15, -0.1) is 0 Å². The minimum absolute atomic E-state index is 0.229. The van der Waals surface area contributed by atoms with Crippen molar-refractivity contribution in [3.8, 4) is 11.1 Å². The van der Waals surface area contributed by atoms with Crippen molar-refractivity contribution >= 4 is 11.7 Å². The number of aliphatic hydroxyl groups is 1. The van der Waals surface area contributed by atoms with Crippen molar-refractivity contribution in [2.24, 2.45) is 0 Å². The van der Waals surface area contributed by atoms with Gasteiger partial charge in [0.05, 0.1) is 0 Å². The Balaban J connectivity index is 1.76. The summed E-state index contributed by atoms with van der Waals surface area (Å²) in [5.74, 6) is -0.741. The molecule has 0 heterocycles. The Bertz CT molecular complexity index is 628. The molecule has 0 saturated carbocycles. The number of aliphatic hydroxyl groups excluding tert-OH is 1. The van der Waals surface area contributed by atoms with Crippen LogP contribution in [0.2, 0.25) is 0 Å². The van der Waals surface area contributed by atoms with Gasteiger partial charge in [-0.25, -0.2) is 0 Å². The molecular weight excluding hydrogens is 302 g/mol. The quantitative estimate of drug-likeness (QED) is 0.443. The van der Waals surface area contributed by atoms with Gasteiger partial charge in [-0.3, -0.25) is 4.79 Å². The van der Waals surface area contributed by atoms with E-state index in [4.69, 9.17) is 5.11 Å². The predicted octanol–water partition coefficient (Wildman–Crippen LogP) is 4.51. The molecule has 0 aliphatic carbocycles. The van der Waals surface area contributed by atoms with Gasteiger partial charge in [-0.05, 0) is 42.5 Å². The Morgan fingerprint density at radius 3 is 2.38 bits per heavy atom. The highest BCUT2D eigenvalue weighted by Crippen LogP contribution is 2.23. The van der Waals surface area contributed by atoms with E-state index in [2.05, 4.69) is 23.5 Å². The first-order valence-corrected chi connectivity index (χ1v) is 8.47. The second-order valence-electron chi connectivity index (χ2n) is 5.95. The van der Waals surface area contributed by atoms with Crippen LogP contribution in [0.4, 0.5) is 5.69 Å². The molecule has 1 unspecified atom stereocenters. The van der Waals surface area contributed by atoms with Crippen LogP contribution in [0, 0.1) is 0 Å². The summed E-state index contributed by atoms with van der Waals surface area (Å²) in [6.45, 7) is 0. The highest BCUT2D eigenvalue weighted by Gasteiger charge is 2.05. The molecule has 2 aromatic carbocycles. The molecule has 4 heteroatoms. The molecule has 0 aromatic heterocycles. The third kappa shape index (κ3) is 6.42. The lowest BCUT2D eigenvalue weighted by molar-refractivity contribution is -0.137. The van der Waals surface area contributed by atoms with Gasteiger partial charge in [0, 0.05) is 12.1 Å². The van der Waals surface area contributed by atoms with Crippen molar-refractivity contribution in [1.29, 1.82) is 0 Å². The van der Waals surface area contributed by atoms with Gasteiger partial charge in [-0.2, -0.15) is 0 Å². The Morgan fingerprint density at radius 1 is 0.917 bits per heavy atom. The smallest absolute Gasteiger partial charge is 0.303 e. The number of hydrogen-bond acceptors (Lipinski definition) is 3. The number of anilines is 1. The normalized spacial score (nSPS) is 11.9. The zero-order valence-corrected chi connectivity index (χ0v) is 13.8. The lowest BCUT2D eigenvalue weighted by Crippen LogP contribution is -2.18. The fourth-order valence-electron chi connectivity index (χ4n) is 2.65. The summed E-state index contributed by atoms with van der Waals surface area (Å²) in [4.78, 5) is 10.4. The lowest BCUT2D eigenvalue weighted by atomic mass is 10.1. The largest absolute Gasteiger partial charge is 0.481 e. The van der Waals surface area contributed by atoms with Crippen molar-refractivity contribution in [3.05, 3.63) is 54.6 Å². The SMILES string of the molecule is O=C(O)CCCCCCC(O)Nc1cccc(-c2ccccc2)c1. The zero-order chi connectivity index (χ0) is 17.2. The van der Waals surface area contributed by atoms with E-state index >= 15 is 0 Å². The molecule has 2 aromatic rings. The molecule has 0 aliphatic rings. The molecule has 24 heavy (non-hydrogen) atoms. The maximum Gasteiger partial charge on any atom is 0.303 e. The first-order valence-electron chi connectivity index (χ1n) is 8.47. The molecule has 0 spiro atoms. The third-order valence-electron chi connectivity index (χ3n) is 3.92. The summed E-state index contributed by atoms with van der Waals surface area (Å²) in [5.41, 5.74) is 3.16. The molecule has 2 rings (SSSR count). The van der Waals surface area contributed by atoms with E-state index in [-0.39, 0.29) is 6.42 Å². The van der Waals surface area contributed by atoms with Crippen LogP contribution in [-0.2, 0) is 4.79 Å². The van der Waals surface area contributed by atoms with E-state index in [1.54, 1.807) is 0 Å². The molecule has 4 nitrogen and oxygen atoms in total. The third-order valence-corrected chi connectivity index (χ3v) is 3.92. The standard InChI is InChI=1S/C20H25NO3/c22-19(13-6-1-2-7-14-20(23)24)21-18-12-8-11-17(15-18)16-9-4-3-5-10-16/h3-5,8-12,15,19,21-22H,1-2,6-7,13-14H2,(H,23,24). The average molecular weight is 327 g/mol. The molecule has 128 valence electrons. The number of carboxylic acid groups (broad SMARTS) is 1. The summed E-state index contributed by atoms with van der Waals surface area (Å²) < 4.78 is 0. The van der Waals surface area contributed by atoms with Crippen molar-refractivity contribution in [3.63, 3.8) is 0 Å². The van der Waals surface area contributed by atoms with Gasteiger partial charge in [0.15, 0.2) is 0 Å². The monoisotopic (exact) mass is 327 g/mol. The molecule has 0 saturated heterocycles. The van der Waals surface area contributed by atoms with Crippen LogP contribution < -0.4 is 5.32 Å². The fraction of sp³-hybridized carbons (Fsp3) is 0.350. The molecule has 1 atom stereocenters. The van der Waals surface area contributed by atoms with Crippen molar-refractivity contribution < 1.29 is 15.0 Å². The van der Waals surface area contributed by atoms with Crippen molar-refractivity contribution in [2.45, 2.75) is 44.8 Å². The molecule has 0 amide bonds. The summed E-state index contributed by atoms with van der Waals surface area (Å²) >= 11 is 0. The first-order chi connectivity index (χ1) is 11.6. The van der Waals surface area contributed by atoms with Crippen LogP contribution in [0.3, 0.4) is 0 Å². The number of unbranched alkanes of at least 4 members (excludes halogenated alkanes) is 3. The van der Waals surface area contributed by atoms with Crippen LogP contribution in [0.1, 0.15) is 38.5 Å². The lowest BCUT2D eigenvalue weighted by Gasteiger charge is -2.15. The minimum Gasteiger partial charge on any atom is -0.481 e. The summed E-state index contributed by atoms with van der Waals surface area (Å²) in [6.07, 6.45) is 3.72. The fourth-order valence-corrected chi connectivity index (χ4v) is 2.65. The van der Waals surface area contributed by atoms with Gasteiger partial charge in [0.1, 0.15) is 6.23 Å². The van der Waals surface area contributed by atoms with Gasteiger partial charge in [-0.1, -0.05) is 55.3 Å². The summed E-state index contributed by atoms with van der Waals surface area (Å²) in [7, 11) is 0. The van der Waals surface area contributed by atoms with Gasteiger partial charge >= 0.3 is 5.97 Å². The Kier molecular flexibility index (Phi) is 7.30. The maximum atomic E-state index is 10.4. The zero-order valence-electron chi connectivity index (χ0n) is 13.8. The number of rotatable bonds is 10. The highest BCUT2D eigenvalue weighted by atomic mass is 16.4. The Morgan fingerprint density at radius 2 is 1.62 bits per heavy atom.